The minimum atomic E-state index is -5.06. The lowest BCUT2D eigenvalue weighted by Crippen LogP contribution is -2.42. The Bertz CT molecular complexity index is 857. The summed E-state index contributed by atoms with van der Waals surface area (Å²) >= 11 is 1.43. The van der Waals surface area contributed by atoms with Crippen LogP contribution in [0.3, 0.4) is 0 Å². The van der Waals surface area contributed by atoms with Crippen molar-refractivity contribution in [1.29, 1.82) is 0 Å². The number of nitrogens with zero attached hydrogens (tertiary/aromatic N) is 1. The summed E-state index contributed by atoms with van der Waals surface area (Å²) in [4.78, 5) is 11.4. The van der Waals surface area contributed by atoms with Crippen LogP contribution < -0.4 is 5.73 Å². The van der Waals surface area contributed by atoms with Crippen LogP contribution in [0.1, 0.15) is 43.4 Å². The lowest BCUT2D eigenvalue weighted by atomic mass is 10.0. The highest BCUT2D eigenvalue weighted by atomic mass is 32.2. The number of benzene rings is 1. The third-order valence-electron chi connectivity index (χ3n) is 4.22. The molecule has 1 atom stereocenters. The number of primary amides is 1. The average molecular weight is 495 g/mol. The molecule has 0 aliphatic carbocycles. The standard InChI is InChI=1S/C18H24F6N2O3S2/c1-3-7-30-14(4-2)9-26(10-16(25)27)31(28,29)11-12-8-13(17(19,20)21)5-6-15(12)18(22,23)24/h5-6,8,14H,3-4,7,9-11H2,1-2H3,(H2,25,27). The van der Waals surface area contributed by atoms with Gasteiger partial charge in [-0.3, -0.25) is 4.79 Å². The van der Waals surface area contributed by atoms with Crippen molar-refractivity contribution in [3.8, 4) is 0 Å². The number of sulfonamides is 1. The number of rotatable bonds is 11. The van der Waals surface area contributed by atoms with E-state index in [1.54, 1.807) is 6.92 Å². The maximum absolute atomic E-state index is 13.3. The van der Waals surface area contributed by atoms with Gasteiger partial charge in [-0.05, 0) is 42.4 Å². The van der Waals surface area contributed by atoms with Crippen molar-refractivity contribution in [3.05, 3.63) is 34.9 Å². The first-order valence-corrected chi connectivity index (χ1v) is 11.9. The number of hydrogen-bond acceptors (Lipinski definition) is 4. The van der Waals surface area contributed by atoms with Crippen LogP contribution in [-0.2, 0) is 32.9 Å². The van der Waals surface area contributed by atoms with Crippen molar-refractivity contribution in [2.45, 2.75) is 50.0 Å². The number of amides is 1. The maximum atomic E-state index is 13.3. The van der Waals surface area contributed by atoms with Gasteiger partial charge in [-0.15, -0.1) is 0 Å². The summed E-state index contributed by atoms with van der Waals surface area (Å²) in [5.74, 6) is -1.69. The molecule has 0 fully saturated rings. The van der Waals surface area contributed by atoms with Gasteiger partial charge in [-0.25, -0.2) is 8.42 Å². The van der Waals surface area contributed by atoms with Crippen LogP contribution in [0.4, 0.5) is 26.3 Å². The van der Waals surface area contributed by atoms with Gasteiger partial charge in [0.1, 0.15) is 0 Å². The molecule has 0 saturated heterocycles. The molecule has 1 aromatic carbocycles. The number of halogens is 6. The highest BCUT2D eigenvalue weighted by Crippen LogP contribution is 2.37. The molecule has 13 heteroatoms. The normalized spacial score (nSPS) is 14.1. The Morgan fingerprint density at radius 1 is 1.13 bits per heavy atom. The fourth-order valence-corrected chi connectivity index (χ4v) is 5.45. The zero-order chi connectivity index (χ0) is 24.0. The molecule has 0 radical (unpaired) electrons. The second kappa shape index (κ2) is 10.9. The van der Waals surface area contributed by atoms with E-state index in [0.717, 1.165) is 6.42 Å². The zero-order valence-electron chi connectivity index (χ0n) is 16.9. The van der Waals surface area contributed by atoms with Gasteiger partial charge in [0.25, 0.3) is 0 Å². The smallest absolute Gasteiger partial charge is 0.369 e. The fourth-order valence-electron chi connectivity index (χ4n) is 2.72. The van der Waals surface area contributed by atoms with Crippen LogP contribution >= 0.6 is 11.8 Å². The van der Waals surface area contributed by atoms with Crippen molar-refractivity contribution in [1.82, 2.24) is 4.31 Å². The van der Waals surface area contributed by atoms with Crippen molar-refractivity contribution >= 4 is 27.7 Å². The number of carbonyl (C=O) groups excluding carboxylic acids is 1. The third kappa shape index (κ3) is 8.53. The van der Waals surface area contributed by atoms with Crippen molar-refractivity contribution in [3.63, 3.8) is 0 Å². The predicted molar refractivity (Wildman–Crippen MR) is 107 cm³/mol. The summed E-state index contributed by atoms with van der Waals surface area (Å²) < 4.78 is 105. The van der Waals surface area contributed by atoms with Crippen LogP contribution in [0.2, 0.25) is 0 Å². The molecule has 1 rings (SSSR count). The Balaban J connectivity index is 3.38. The molecule has 0 spiro atoms. The SMILES string of the molecule is CCCSC(CC)CN(CC(N)=O)S(=O)(=O)Cc1cc(C(F)(F)F)ccc1C(F)(F)F. The number of hydrogen-bond donors (Lipinski definition) is 1. The molecule has 1 unspecified atom stereocenters. The topological polar surface area (TPSA) is 80.5 Å². The summed E-state index contributed by atoms with van der Waals surface area (Å²) in [5, 5.41) is -0.266. The van der Waals surface area contributed by atoms with Gasteiger partial charge in [0, 0.05) is 11.8 Å². The van der Waals surface area contributed by atoms with E-state index in [0.29, 0.717) is 16.5 Å². The summed E-state index contributed by atoms with van der Waals surface area (Å²) in [6.45, 7) is 2.69. The van der Waals surface area contributed by atoms with Crippen LogP contribution in [0.25, 0.3) is 0 Å². The Hall–Kier alpha value is -1.47. The Labute approximate surface area is 181 Å². The van der Waals surface area contributed by atoms with Crippen LogP contribution in [-0.4, -0.2) is 42.7 Å². The molecule has 2 N–H and O–H groups in total. The van der Waals surface area contributed by atoms with Crippen molar-refractivity contribution in [2.75, 3.05) is 18.8 Å². The maximum Gasteiger partial charge on any atom is 0.416 e. The Morgan fingerprint density at radius 3 is 2.19 bits per heavy atom. The number of nitrogens with two attached hydrogens (primary N) is 1. The molecule has 31 heavy (non-hydrogen) atoms. The number of thioether (sulfide) groups is 1. The molecule has 0 saturated carbocycles. The highest BCUT2D eigenvalue weighted by molar-refractivity contribution is 8.00. The quantitative estimate of drug-likeness (QED) is 0.466. The van der Waals surface area contributed by atoms with E-state index in [-0.39, 0.29) is 30.0 Å². The molecular weight excluding hydrogens is 470 g/mol. The average Bonchev–Trinajstić information content (AvgIpc) is 2.61. The molecular formula is C18H24F6N2O3S2. The first-order chi connectivity index (χ1) is 14.1. The van der Waals surface area contributed by atoms with Gasteiger partial charge >= 0.3 is 12.4 Å². The van der Waals surface area contributed by atoms with Gasteiger partial charge < -0.3 is 5.73 Å². The summed E-state index contributed by atoms with van der Waals surface area (Å²) in [6.07, 6.45) is -8.72. The lowest BCUT2D eigenvalue weighted by Gasteiger charge is -2.26. The van der Waals surface area contributed by atoms with Gasteiger partial charge in [0.2, 0.25) is 15.9 Å². The molecule has 0 aliphatic rings. The molecule has 0 aliphatic heterocycles. The molecule has 0 aromatic heterocycles. The minimum Gasteiger partial charge on any atom is -0.369 e. The monoisotopic (exact) mass is 494 g/mol. The molecule has 1 aromatic rings. The zero-order valence-corrected chi connectivity index (χ0v) is 18.5. The van der Waals surface area contributed by atoms with Crippen LogP contribution in [0, 0.1) is 0 Å². The molecule has 178 valence electrons. The summed E-state index contributed by atoms with van der Waals surface area (Å²) in [7, 11) is -4.59. The third-order valence-corrected chi connectivity index (χ3v) is 7.56. The van der Waals surface area contributed by atoms with E-state index >= 15 is 0 Å². The van der Waals surface area contributed by atoms with Crippen molar-refractivity contribution < 1.29 is 39.6 Å². The first-order valence-electron chi connectivity index (χ1n) is 9.26. The van der Waals surface area contributed by atoms with Gasteiger partial charge in [-0.2, -0.15) is 42.4 Å². The Morgan fingerprint density at radius 2 is 1.74 bits per heavy atom. The molecule has 1 amide bonds. The van der Waals surface area contributed by atoms with E-state index in [2.05, 4.69) is 0 Å². The summed E-state index contributed by atoms with van der Waals surface area (Å²) in [5.41, 5.74) is 1.15. The van der Waals surface area contributed by atoms with Gasteiger partial charge in [0.05, 0.1) is 23.4 Å². The minimum absolute atomic E-state index is 0.173. The fraction of sp³-hybridized carbons (Fsp3) is 0.611. The second-order valence-corrected chi connectivity index (χ2v) is 10.2. The van der Waals surface area contributed by atoms with Gasteiger partial charge in [0.15, 0.2) is 0 Å². The number of carbonyl (C=O) groups is 1. The van der Waals surface area contributed by atoms with Crippen molar-refractivity contribution in [2.24, 2.45) is 5.73 Å². The van der Waals surface area contributed by atoms with E-state index in [4.69, 9.17) is 5.73 Å². The van der Waals surface area contributed by atoms with E-state index < -0.39 is 57.3 Å². The molecule has 0 bridgehead atoms. The van der Waals surface area contributed by atoms with E-state index in [1.165, 1.54) is 11.8 Å². The number of alkyl halides is 6. The Kier molecular flexibility index (Phi) is 9.70. The van der Waals surface area contributed by atoms with Gasteiger partial charge in [-0.1, -0.05) is 13.8 Å². The van der Waals surface area contributed by atoms with Crippen LogP contribution in [0.15, 0.2) is 18.2 Å². The largest absolute Gasteiger partial charge is 0.416 e. The summed E-state index contributed by atoms with van der Waals surface area (Å²) in [6, 6.07) is 0.624. The first kappa shape index (κ1) is 27.6. The lowest BCUT2D eigenvalue weighted by molar-refractivity contribution is -0.141. The van der Waals surface area contributed by atoms with Crippen LogP contribution in [0.5, 0.6) is 0 Å². The molecule has 5 nitrogen and oxygen atoms in total. The predicted octanol–water partition coefficient (Wildman–Crippen LogP) is 4.26. The van der Waals surface area contributed by atoms with E-state index in [1.807, 2.05) is 6.92 Å². The molecule has 0 heterocycles. The second-order valence-electron chi connectivity index (χ2n) is 6.78. The highest BCUT2D eigenvalue weighted by Gasteiger charge is 2.39. The van der Waals surface area contributed by atoms with E-state index in [9.17, 15) is 39.6 Å².